The number of benzene rings is 1. The zero-order valence-corrected chi connectivity index (χ0v) is 13.7. The second kappa shape index (κ2) is 6.30. The minimum Gasteiger partial charge on any atom is -0.310 e. The molecule has 2 aromatic rings. The van der Waals surface area contributed by atoms with E-state index in [2.05, 4.69) is 66.1 Å². The van der Waals surface area contributed by atoms with Gasteiger partial charge < -0.3 is 10.2 Å². The summed E-state index contributed by atoms with van der Waals surface area (Å²) >= 11 is 1.85. The molecule has 0 aliphatic heterocycles. The van der Waals surface area contributed by atoms with Gasteiger partial charge >= 0.3 is 0 Å². The molecule has 1 N–H and O–H groups in total. The molecular weight excluding hydrogens is 276 g/mol. The van der Waals surface area contributed by atoms with Crippen molar-refractivity contribution in [2.24, 2.45) is 0 Å². The zero-order chi connectivity index (χ0) is 14.7. The fraction of sp³-hybridized carbons (Fsp3) is 0.444. The summed E-state index contributed by atoms with van der Waals surface area (Å²) in [6.45, 7) is 2.08. The van der Waals surface area contributed by atoms with Crippen LogP contribution in [0.3, 0.4) is 0 Å². The van der Waals surface area contributed by atoms with Crippen molar-refractivity contribution in [2.45, 2.75) is 31.3 Å². The van der Waals surface area contributed by atoms with Crippen molar-refractivity contribution in [2.75, 3.05) is 20.6 Å². The highest BCUT2D eigenvalue weighted by atomic mass is 32.1. The van der Waals surface area contributed by atoms with E-state index in [0.717, 1.165) is 13.1 Å². The summed E-state index contributed by atoms with van der Waals surface area (Å²) in [4.78, 5) is 3.81. The molecule has 0 unspecified atom stereocenters. The molecule has 1 heterocycles. The lowest BCUT2D eigenvalue weighted by atomic mass is 9.75. The summed E-state index contributed by atoms with van der Waals surface area (Å²) < 4.78 is 0. The van der Waals surface area contributed by atoms with Crippen LogP contribution in [0.4, 0.5) is 0 Å². The molecule has 0 radical (unpaired) electrons. The van der Waals surface area contributed by atoms with Crippen molar-refractivity contribution in [1.82, 2.24) is 10.2 Å². The molecule has 1 fully saturated rings. The van der Waals surface area contributed by atoms with Gasteiger partial charge in [-0.25, -0.2) is 0 Å². The van der Waals surface area contributed by atoms with Crippen LogP contribution in [-0.4, -0.2) is 31.1 Å². The van der Waals surface area contributed by atoms with Gasteiger partial charge in [-0.05, 0) is 55.9 Å². The Morgan fingerprint density at radius 1 is 1.14 bits per heavy atom. The van der Waals surface area contributed by atoms with Crippen LogP contribution in [0.5, 0.6) is 0 Å². The normalized spacial score (nSPS) is 16.9. The van der Waals surface area contributed by atoms with E-state index in [9.17, 15) is 0 Å². The fourth-order valence-corrected chi connectivity index (χ4v) is 3.90. The number of thiophene rings is 1. The maximum atomic E-state index is 3.66. The van der Waals surface area contributed by atoms with Crippen molar-refractivity contribution in [3.63, 3.8) is 0 Å². The molecule has 1 aromatic carbocycles. The first-order valence-electron chi connectivity index (χ1n) is 7.71. The largest absolute Gasteiger partial charge is 0.310 e. The van der Waals surface area contributed by atoms with E-state index in [1.54, 1.807) is 0 Å². The highest BCUT2D eigenvalue weighted by Gasteiger charge is 2.38. The molecule has 1 aliphatic rings. The molecule has 3 rings (SSSR count). The molecule has 2 nitrogen and oxygen atoms in total. The van der Waals surface area contributed by atoms with E-state index < -0.39 is 0 Å². The molecular formula is C18H24N2S. The van der Waals surface area contributed by atoms with Gasteiger partial charge in [0.25, 0.3) is 0 Å². The summed E-state index contributed by atoms with van der Waals surface area (Å²) in [5.74, 6) is 0. The van der Waals surface area contributed by atoms with Crippen LogP contribution in [-0.2, 0) is 6.54 Å². The predicted octanol–water partition coefficient (Wildman–Crippen LogP) is 3.99. The third-order valence-corrected chi connectivity index (χ3v) is 5.68. The van der Waals surface area contributed by atoms with Crippen LogP contribution in [0.1, 0.15) is 24.1 Å². The molecule has 3 heteroatoms. The molecule has 0 amide bonds. The van der Waals surface area contributed by atoms with Gasteiger partial charge in [0.05, 0.1) is 0 Å². The monoisotopic (exact) mass is 300 g/mol. The summed E-state index contributed by atoms with van der Waals surface area (Å²) in [6.07, 6.45) is 4.02. The van der Waals surface area contributed by atoms with E-state index in [4.69, 9.17) is 0 Å². The number of nitrogens with zero attached hydrogens (tertiary/aromatic N) is 1. The number of hydrogen-bond acceptors (Lipinski definition) is 3. The molecule has 1 aliphatic carbocycles. The molecule has 0 bridgehead atoms. The van der Waals surface area contributed by atoms with Crippen molar-refractivity contribution in [3.8, 4) is 11.1 Å². The molecule has 112 valence electrons. The van der Waals surface area contributed by atoms with Crippen LogP contribution in [0.25, 0.3) is 11.1 Å². The SMILES string of the molecule is CN(C)C1(CNCc2cc(-c3ccccc3)cs2)CCC1. The van der Waals surface area contributed by atoms with Gasteiger partial charge in [-0.3, -0.25) is 0 Å². The minimum absolute atomic E-state index is 0.402. The van der Waals surface area contributed by atoms with Gasteiger partial charge in [-0.15, -0.1) is 11.3 Å². The first-order chi connectivity index (χ1) is 10.2. The first-order valence-corrected chi connectivity index (χ1v) is 8.59. The molecule has 0 saturated heterocycles. The van der Waals surface area contributed by atoms with Crippen LogP contribution in [0.2, 0.25) is 0 Å². The molecule has 1 aromatic heterocycles. The number of hydrogen-bond donors (Lipinski definition) is 1. The van der Waals surface area contributed by atoms with Gasteiger partial charge in [0.2, 0.25) is 0 Å². The Morgan fingerprint density at radius 3 is 2.52 bits per heavy atom. The Hall–Kier alpha value is -1.16. The van der Waals surface area contributed by atoms with Gasteiger partial charge in [0.15, 0.2) is 0 Å². The quantitative estimate of drug-likeness (QED) is 0.868. The van der Waals surface area contributed by atoms with Gasteiger partial charge in [0, 0.05) is 23.5 Å². The smallest absolute Gasteiger partial charge is 0.0328 e. The number of likely N-dealkylation sites (N-methyl/N-ethyl adjacent to an activating group) is 1. The third-order valence-electron chi connectivity index (χ3n) is 4.75. The zero-order valence-electron chi connectivity index (χ0n) is 12.9. The molecule has 1 saturated carbocycles. The lowest BCUT2D eigenvalue weighted by molar-refractivity contribution is 0.0599. The third kappa shape index (κ3) is 3.20. The van der Waals surface area contributed by atoms with Gasteiger partial charge in [-0.1, -0.05) is 30.3 Å². The predicted molar refractivity (Wildman–Crippen MR) is 91.7 cm³/mol. The standard InChI is InChI=1S/C18H24N2S/c1-20(2)18(9-6-10-18)14-19-12-17-11-16(13-21-17)15-7-4-3-5-8-15/h3-5,7-8,11,13,19H,6,9-10,12,14H2,1-2H3. The van der Waals surface area contributed by atoms with Crippen molar-refractivity contribution in [1.29, 1.82) is 0 Å². The fourth-order valence-electron chi connectivity index (χ4n) is 3.04. The molecule has 21 heavy (non-hydrogen) atoms. The average Bonchev–Trinajstić information content (AvgIpc) is 2.91. The van der Waals surface area contributed by atoms with Crippen LogP contribution < -0.4 is 5.32 Å². The summed E-state index contributed by atoms with van der Waals surface area (Å²) in [6, 6.07) is 12.9. The Labute approximate surface area is 131 Å². The van der Waals surface area contributed by atoms with Gasteiger partial charge in [0.1, 0.15) is 0 Å². The van der Waals surface area contributed by atoms with E-state index in [1.807, 2.05) is 11.3 Å². The Balaban J connectivity index is 1.56. The topological polar surface area (TPSA) is 15.3 Å². The van der Waals surface area contributed by atoms with Crippen LogP contribution in [0.15, 0.2) is 41.8 Å². The summed E-state index contributed by atoms with van der Waals surface area (Å²) in [5, 5.41) is 5.92. The second-order valence-corrected chi connectivity index (χ2v) is 7.24. The maximum Gasteiger partial charge on any atom is 0.0328 e. The van der Waals surface area contributed by atoms with Crippen LogP contribution >= 0.6 is 11.3 Å². The van der Waals surface area contributed by atoms with E-state index in [-0.39, 0.29) is 0 Å². The highest BCUT2D eigenvalue weighted by Crippen LogP contribution is 2.35. The number of nitrogens with one attached hydrogen (secondary N) is 1. The second-order valence-electron chi connectivity index (χ2n) is 6.24. The lowest BCUT2D eigenvalue weighted by Gasteiger charge is -2.47. The van der Waals surface area contributed by atoms with Crippen molar-refractivity contribution >= 4 is 11.3 Å². The van der Waals surface area contributed by atoms with E-state index in [0.29, 0.717) is 5.54 Å². The van der Waals surface area contributed by atoms with Crippen molar-refractivity contribution < 1.29 is 0 Å². The van der Waals surface area contributed by atoms with Gasteiger partial charge in [-0.2, -0.15) is 0 Å². The van der Waals surface area contributed by atoms with E-state index in [1.165, 1.54) is 35.3 Å². The van der Waals surface area contributed by atoms with E-state index >= 15 is 0 Å². The van der Waals surface area contributed by atoms with Crippen LogP contribution in [0, 0.1) is 0 Å². The maximum absolute atomic E-state index is 3.66. The molecule has 0 spiro atoms. The minimum atomic E-state index is 0.402. The average molecular weight is 300 g/mol. The Kier molecular flexibility index (Phi) is 4.43. The Morgan fingerprint density at radius 2 is 1.90 bits per heavy atom. The van der Waals surface area contributed by atoms with Crippen molar-refractivity contribution in [3.05, 3.63) is 46.7 Å². The summed E-state index contributed by atoms with van der Waals surface area (Å²) in [5.41, 5.74) is 3.05. The summed E-state index contributed by atoms with van der Waals surface area (Å²) in [7, 11) is 4.42. The number of rotatable bonds is 6. The Bertz CT molecular complexity index is 570. The first kappa shape index (κ1) is 14.8. The lowest BCUT2D eigenvalue weighted by Crippen LogP contribution is -2.56. The highest BCUT2D eigenvalue weighted by molar-refractivity contribution is 7.10. The molecule has 0 atom stereocenters.